The third-order valence-corrected chi connectivity index (χ3v) is 3.35. The van der Waals surface area contributed by atoms with Crippen LogP contribution >= 0.6 is 11.8 Å². The number of ether oxygens (including phenoxy) is 2. The van der Waals surface area contributed by atoms with E-state index in [4.69, 9.17) is 4.74 Å². The second-order valence-electron chi connectivity index (χ2n) is 3.56. The largest absolute Gasteiger partial charge is 0.473 e. The first-order valence-electron chi connectivity index (χ1n) is 5.00. The number of hydrogen-bond donors (Lipinski definition) is 0. The van der Waals surface area contributed by atoms with Crippen LogP contribution in [0.1, 0.15) is 6.42 Å². The zero-order chi connectivity index (χ0) is 11.5. The maximum Gasteiger partial charge on any atom is 0.315 e. The minimum atomic E-state index is -0.227. The SMILES string of the molecule is COC(=O)CSC/C=C1/CN2C(=O)C[C@H]2O1. The normalized spacial score (nSPS) is 25.1. The Labute approximate surface area is 97.8 Å². The van der Waals surface area contributed by atoms with E-state index in [1.165, 1.54) is 18.9 Å². The number of fused-ring (bicyclic) bond motifs is 1. The van der Waals surface area contributed by atoms with Crippen molar-refractivity contribution in [2.75, 3.05) is 25.2 Å². The Bertz CT molecular complexity index is 342. The summed E-state index contributed by atoms with van der Waals surface area (Å²) in [6, 6.07) is 0. The highest BCUT2D eigenvalue weighted by molar-refractivity contribution is 8.00. The first-order valence-corrected chi connectivity index (χ1v) is 6.16. The van der Waals surface area contributed by atoms with Gasteiger partial charge in [-0.1, -0.05) is 0 Å². The molecular weight excluding hydrogens is 230 g/mol. The monoisotopic (exact) mass is 243 g/mol. The lowest BCUT2D eigenvalue weighted by molar-refractivity contribution is -0.154. The maximum atomic E-state index is 11.1. The topological polar surface area (TPSA) is 55.8 Å². The number of esters is 1. The Morgan fingerprint density at radius 3 is 3.19 bits per heavy atom. The molecule has 0 N–H and O–H groups in total. The molecule has 2 heterocycles. The Morgan fingerprint density at radius 1 is 1.75 bits per heavy atom. The van der Waals surface area contributed by atoms with E-state index in [2.05, 4.69) is 4.74 Å². The molecule has 16 heavy (non-hydrogen) atoms. The number of amides is 1. The van der Waals surface area contributed by atoms with E-state index >= 15 is 0 Å². The second-order valence-corrected chi connectivity index (χ2v) is 4.59. The highest BCUT2D eigenvalue weighted by Crippen LogP contribution is 2.30. The predicted octanol–water partition coefficient (Wildman–Crippen LogP) is 0.365. The lowest BCUT2D eigenvalue weighted by Crippen LogP contribution is -2.48. The summed E-state index contributed by atoms with van der Waals surface area (Å²) in [5, 5.41) is 0. The molecule has 88 valence electrons. The molecule has 6 heteroatoms. The first-order chi connectivity index (χ1) is 7.70. The summed E-state index contributed by atoms with van der Waals surface area (Å²) >= 11 is 1.46. The lowest BCUT2D eigenvalue weighted by Gasteiger charge is -2.30. The number of hydrogen-bond acceptors (Lipinski definition) is 5. The number of carbonyl (C=O) groups is 2. The predicted molar refractivity (Wildman–Crippen MR) is 58.6 cm³/mol. The zero-order valence-electron chi connectivity index (χ0n) is 8.97. The van der Waals surface area contributed by atoms with Crippen molar-refractivity contribution in [2.45, 2.75) is 12.6 Å². The van der Waals surface area contributed by atoms with E-state index in [1.807, 2.05) is 6.08 Å². The van der Waals surface area contributed by atoms with Gasteiger partial charge in [-0.25, -0.2) is 0 Å². The van der Waals surface area contributed by atoms with Gasteiger partial charge in [-0.2, -0.15) is 0 Å². The van der Waals surface area contributed by atoms with Crippen LogP contribution in [0, 0.1) is 0 Å². The molecule has 0 saturated carbocycles. The van der Waals surface area contributed by atoms with Crippen molar-refractivity contribution in [3.8, 4) is 0 Å². The van der Waals surface area contributed by atoms with E-state index < -0.39 is 0 Å². The molecule has 0 aromatic carbocycles. The highest BCUT2D eigenvalue weighted by Gasteiger charge is 2.43. The van der Waals surface area contributed by atoms with Crippen molar-refractivity contribution in [2.24, 2.45) is 0 Å². The van der Waals surface area contributed by atoms with Gasteiger partial charge in [-0.15, -0.1) is 11.8 Å². The van der Waals surface area contributed by atoms with E-state index in [9.17, 15) is 9.59 Å². The van der Waals surface area contributed by atoms with Gasteiger partial charge >= 0.3 is 5.97 Å². The molecule has 5 nitrogen and oxygen atoms in total. The third-order valence-electron chi connectivity index (χ3n) is 2.51. The molecular formula is C10H13NO4S. The lowest BCUT2D eigenvalue weighted by atomic mass is 10.2. The summed E-state index contributed by atoms with van der Waals surface area (Å²) in [6.45, 7) is 0.572. The molecule has 2 saturated heterocycles. The van der Waals surface area contributed by atoms with E-state index in [0.29, 0.717) is 24.5 Å². The van der Waals surface area contributed by atoms with Crippen LogP contribution in [-0.2, 0) is 19.1 Å². The molecule has 0 aromatic heterocycles. The zero-order valence-corrected chi connectivity index (χ0v) is 9.79. The fraction of sp³-hybridized carbons (Fsp3) is 0.600. The maximum absolute atomic E-state index is 11.1. The minimum absolute atomic E-state index is 0.0376. The first kappa shape index (κ1) is 11.3. The third kappa shape index (κ3) is 2.32. The summed E-state index contributed by atoms with van der Waals surface area (Å²) in [6.07, 6.45) is 2.37. The average molecular weight is 243 g/mol. The summed E-state index contributed by atoms with van der Waals surface area (Å²) < 4.78 is 10.0. The van der Waals surface area contributed by atoms with Crippen LogP contribution in [0.4, 0.5) is 0 Å². The molecule has 2 aliphatic heterocycles. The summed E-state index contributed by atoms with van der Waals surface area (Å²) in [7, 11) is 1.37. The van der Waals surface area contributed by atoms with Gasteiger partial charge in [0.05, 0.1) is 25.8 Å². The van der Waals surface area contributed by atoms with E-state index in [0.717, 1.165) is 5.76 Å². The van der Waals surface area contributed by atoms with Crippen molar-refractivity contribution in [3.63, 3.8) is 0 Å². The Kier molecular flexibility index (Phi) is 3.38. The molecule has 2 rings (SSSR count). The van der Waals surface area contributed by atoms with E-state index in [-0.39, 0.29) is 18.1 Å². The smallest absolute Gasteiger partial charge is 0.315 e. The van der Waals surface area contributed by atoms with Crippen molar-refractivity contribution in [1.82, 2.24) is 4.90 Å². The van der Waals surface area contributed by atoms with Gasteiger partial charge in [-0.05, 0) is 6.08 Å². The van der Waals surface area contributed by atoms with Gasteiger partial charge in [0.25, 0.3) is 0 Å². The van der Waals surface area contributed by atoms with Gasteiger partial charge in [0.1, 0.15) is 5.76 Å². The van der Waals surface area contributed by atoms with Gasteiger partial charge in [-0.3, -0.25) is 14.5 Å². The Hall–Kier alpha value is -1.17. The van der Waals surface area contributed by atoms with Crippen LogP contribution in [0.25, 0.3) is 0 Å². The van der Waals surface area contributed by atoms with Gasteiger partial charge in [0.2, 0.25) is 5.91 Å². The molecule has 2 fully saturated rings. The summed E-state index contributed by atoms with van der Waals surface area (Å²) in [5.74, 6) is 1.78. The molecule has 0 spiro atoms. The van der Waals surface area contributed by atoms with Crippen LogP contribution in [0.15, 0.2) is 11.8 Å². The number of methoxy groups -OCH3 is 1. The molecule has 2 aliphatic rings. The van der Waals surface area contributed by atoms with Gasteiger partial charge in [0, 0.05) is 5.75 Å². The molecule has 1 amide bonds. The number of nitrogens with zero attached hydrogens (tertiary/aromatic N) is 1. The summed E-state index contributed by atoms with van der Waals surface area (Å²) in [4.78, 5) is 23.6. The van der Waals surface area contributed by atoms with Crippen molar-refractivity contribution < 1.29 is 19.1 Å². The van der Waals surface area contributed by atoms with Crippen LogP contribution in [0.5, 0.6) is 0 Å². The molecule has 1 atom stereocenters. The van der Waals surface area contributed by atoms with Crippen LogP contribution in [0.3, 0.4) is 0 Å². The molecule has 0 unspecified atom stereocenters. The molecule has 0 radical (unpaired) electrons. The summed E-state index contributed by atoms with van der Waals surface area (Å²) in [5.41, 5.74) is 0. The van der Waals surface area contributed by atoms with Crippen molar-refractivity contribution in [3.05, 3.63) is 11.8 Å². The average Bonchev–Trinajstić information content (AvgIpc) is 2.61. The fourth-order valence-corrected chi connectivity index (χ4v) is 2.27. The van der Waals surface area contributed by atoms with Crippen molar-refractivity contribution in [1.29, 1.82) is 0 Å². The quantitative estimate of drug-likeness (QED) is 0.405. The Balaban J connectivity index is 1.69. The molecule has 0 aliphatic carbocycles. The fourth-order valence-electron chi connectivity index (χ4n) is 1.57. The Morgan fingerprint density at radius 2 is 2.56 bits per heavy atom. The van der Waals surface area contributed by atoms with Crippen molar-refractivity contribution >= 4 is 23.6 Å². The van der Waals surface area contributed by atoms with Gasteiger partial charge < -0.3 is 9.47 Å². The number of rotatable bonds is 4. The van der Waals surface area contributed by atoms with Gasteiger partial charge in [0.15, 0.2) is 6.23 Å². The number of thioether (sulfide) groups is 1. The minimum Gasteiger partial charge on any atom is -0.473 e. The van der Waals surface area contributed by atoms with Crippen LogP contribution in [0.2, 0.25) is 0 Å². The second kappa shape index (κ2) is 4.78. The molecule has 0 bridgehead atoms. The highest BCUT2D eigenvalue weighted by atomic mass is 32.2. The number of carbonyl (C=O) groups excluding carboxylic acids is 2. The van der Waals surface area contributed by atoms with Crippen LogP contribution < -0.4 is 0 Å². The number of β-lactam (4-membered cyclic amide) rings is 1. The standard InChI is InChI=1S/C10H13NO4S/c1-14-10(13)6-16-3-2-7-5-11-8(12)4-9(11)15-7/h2,9H,3-6H2,1H3/b7-2-/t9-/m1/s1. The van der Waals surface area contributed by atoms with Crippen LogP contribution in [-0.4, -0.2) is 48.2 Å². The van der Waals surface area contributed by atoms with E-state index in [1.54, 1.807) is 4.90 Å². The molecule has 0 aromatic rings.